The summed E-state index contributed by atoms with van der Waals surface area (Å²) in [6, 6.07) is 12.1. The first-order valence-corrected chi connectivity index (χ1v) is 9.63. The quantitative estimate of drug-likeness (QED) is 0.599. The van der Waals surface area contributed by atoms with E-state index in [1.807, 2.05) is 29.2 Å². The van der Waals surface area contributed by atoms with Gasteiger partial charge in [-0.05, 0) is 61.5 Å². The fourth-order valence-electron chi connectivity index (χ4n) is 2.97. The molecule has 0 saturated carbocycles. The van der Waals surface area contributed by atoms with Crippen molar-refractivity contribution in [3.8, 4) is 5.75 Å². The third-order valence-corrected chi connectivity index (χ3v) is 5.24. The van der Waals surface area contributed by atoms with Gasteiger partial charge in [-0.15, -0.1) is 0 Å². The Morgan fingerprint density at radius 1 is 1.11 bits per heavy atom. The van der Waals surface area contributed by atoms with Crippen molar-refractivity contribution in [3.63, 3.8) is 0 Å². The number of rotatable bonds is 5. The maximum atomic E-state index is 12.6. The van der Waals surface area contributed by atoms with Crippen LogP contribution in [0.25, 0.3) is 0 Å². The fourth-order valence-corrected chi connectivity index (χ4v) is 3.66. The van der Waals surface area contributed by atoms with Crippen LogP contribution in [0.2, 0.25) is 0 Å². The Morgan fingerprint density at radius 2 is 1.89 bits per heavy atom. The smallest absolute Gasteiger partial charge is 0.341 e. The lowest BCUT2D eigenvalue weighted by molar-refractivity contribution is 0.0597. The molecule has 7 heteroatoms. The summed E-state index contributed by atoms with van der Waals surface area (Å²) in [5.41, 5.74) is 1.42. The Hall–Kier alpha value is -2.67. The molecule has 2 N–H and O–H groups in total. The summed E-state index contributed by atoms with van der Waals surface area (Å²) in [5, 5.41) is 9.95. The first kappa shape index (κ1) is 19.1. The number of phenolic OH excluding ortho intramolecular Hbond substituents is 1. The molecule has 0 aromatic heterocycles. The van der Waals surface area contributed by atoms with Crippen LogP contribution in [0.4, 0.5) is 5.69 Å². The minimum atomic E-state index is -0.587. The molecule has 1 fully saturated rings. The Labute approximate surface area is 162 Å². The van der Waals surface area contributed by atoms with Gasteiger partial charge in [0.25, 0.3) is 5.91 Å². The second kappa shape index (κ2) is 8.81. The maximum Gasteiger partial charge on any atom is 0.341 e. The predicted octanol–water partition coefficient (Wildman–Crippen LogP) is 3.92. The second-order valence-electron chi connectivity index (χ2n) is 6.31. The van der Waals surface area contributed by atoms with Gasteiger partial charge in [-0.3, -0.25) is 4.79 Å². The van der Waals surface area contributed by atoms with Crippen LogP contribution in [-0.2, 0) is 4.74 Å². The van der Waals surface area contributed by atoms with Crippen molar-refractivity contribution in [2.75, 3.05) is 24.9 Å². The number of ether oxygens (including phenoxy) is 1. The Kier molecular flexibility index (Phi) is 6.24. The normalized spacial score (nSPS) is 13.9. The monoisotopic (exact) mass is 386 g/mol. The van der Waals surface area contributed by atoms with Crippen molar-refractivity contribution in [1.29, 1.82) is 0 Å². The number of nitrogens with zero attached hydrogens (tertiary/aromatic N) is 1. The highest BCUT2D eigenvalue weighted by Crippen LogP contribution is 2.27. The molecule has 1 heterocycles. The van der Waals surface area contributed by atoms with E-state index in [9.17, 15) is 14.7 Å². The average Bonchev–Trinajstić information content (AvgIpc) is 2.72. The molecule has 1 amide bonds. The number of anilines is 1. The first-order chi connectivity index (χ1) is 13.1. The van der Waals surface area contributed by atoms with Crippen LogP contribution in [0.3, 0.4) is 0 Å². The molecule has 0 spiro atoms. The lowest BCUT2D eigenvalue weighted by atomic mass is 10.1. The van der Waals surface area contributed by atoms with Gasteiger partial charge in [0, 0.05) is 35.3 Å². The Morgan fingerprint density at radius 3 is 2.59 bits per heavy atom. The van der Waals surface area contributed by atoms with Crippen molar-refractivity contribution in [3.05, 3.63) is 53.6 Å². The fraction of sp³-hybridized carbons (Fsp3) is 0.300. The summed E-state index contributed by atoms with van der Waals surface area (Å²) >= 11 is 1.33. The number of likely N-dealkylation sites (tertiary alicyclic amines) is 1. The summed E-state index contributed by atoms with van der Waals surface area (Å²) in [5.74, 6) is -0.672. The molecule has 2 aromatic carbocycles. The van der Waals surface area contributed by atoms with E-state index in [1.54, 1.807) is 6.07 Å². The number of piperidine rings is 1. The number of hydrogen-bond acceptors (Lipinski definition) is 6. The SMILES string of the molecule is COC(=O)c1ccc(NSc2cccc(C(=O)N3CCCCC3)c2)cc1O. The van der Waals surface area contributed by atoms with Gasteiger partial charge in [-0.1, -0.05) is 6.07 Å². The van der Waals surface area contributed by atoms with Gasteiger partial charge in [0.15, 0.2) is 0 Å². The molecule has 1 aliphatic heterocycles. The number of nitrogens with one attached hydrogen (secondary N) is 1. The molecule has 3 rings (SSSR count). The van der Waals surface area contributed by atoms with Crippen LogP contribution in [0.5, 0.6) is 5.75 Å². The minimum absolute atomic E-state index is 0.0669. The largest absolute Gasteiger partial charge is 0.507 e. The number of esters is 1. The highest BCUT2D eigenvalue weighted by molar-refractivity contribution is 8.00. The van der Waals surface area contributed by atoms with E-state index in [0.29, 0.717) is 11.3 Å². The highest BCUT2D eigenvalue weighted by atomic mass is 32.2. The van der Waals surface area contributed by atoms with E-state index < -0.39 is 5.97 Å². The zero-order valence-electron chi connectivity index (χ0n) is 15.1. The van der Waals surface area contributed by atoms with E-state index in [0.717, 1.165) is 30.8 Å². The van der Waals surface area contributed by atoms with Gasteiger partial charge in [0.1, 0.15) is 11.3 Å². The van der Waals surface area contributed by atoms with E-state index in [-0.39, 0.29) is 17.2 Å². The van der Waals surface area contributed by atoms with Gasteiger partial charge < -0.3 is 19.5 Å². The summed E-state index contributed by atoms with van der Waals surface area (Å²) in [6.07, 6.45) is 3.31. The van der Waals surface area contributed by atoms with E-state index in [1.165, 1.54) is 37.6 Å². The molecule has 142 valence electrons. The first-order valence-electron chi connectivity index (χ1n) is 8.82. The van der Waals surface area contributed by atoms with Crippen LogP contribution in [-0.4, -0.2) is 42.1 Å². The number of phenols is 1. The third-order valence-electron chi connectivity index (χ3n) is 4.41. The zero-order valence-corrected chi connectivity index (χ0v) is 15.9. The van der Waals surface area contributed by atoms with E-state index in [2.05, 4.69) is 9.46 Å². The number of methoxy groups -OCH3 is 1. The second-order valence-corrected chi connectivity index (χ2v) is 7.19. The Bertz CT molecular complexity index is 834. The minimum Gasteiger partial charge on any atom is -0.507 e. The molecule has 2 aromatic rings. The number of hydrogen-bond donors (Lipinski definition) is 2. The lowest BCUT2D eigenvalue weighted by Gasteiger charge is -2.26. The lowest BCUT2D eigenvalue weighted by Crippen LogP contribution is -2.35. The van der Waals surface area contributed by atoms with Crippen molar-refractivity contribution < 1.29 is 19.4 Å². The summed E-state index contributed by atoms with van der Waals surface area (Å²) in [7, 11) is 1.27. The van der Waals surface area contributed by atoms with Crippen molar-refractivity contribution in [2.45, 2.75) is 24.2 Å². The molecular weight excluding hydrogens is 364 g/mol. The molecule has 6 nitrogen and oxygen atoms in total. The van der Waals surface area contributed by atoms with Crippen LogP contribution >= 0.6 is 11.9 Å². The van der Waals surface area contributed by atoms with Crippen LogP contribution in [0.15, 0.2) is 47.4 Å². The Balaban J connectivity index is 1.65. The zero-order chi connectivity index (χ0) is 19.2. The van der Waals surface area contributed by atoms with Gasteiger partial charge >= 0.3 is 5.97 Å². The average molecular weight is 386 g/mol. The molecular formula is C20H22N2O4S. The molecule has 0 radical (unpaired) electrons. The standard InChI is InChI=1S/C20H22N2O4S/c1-26-20(25)17-9-8-15(13-18(17)23)21-27-16-7-5-6-14(12-16)19(24)22-10-3-2-4-11-22/h5-9,12-13,21,23H,2-4,10-11H2,1H3. The van der Waals surface area contributed by atoms with Gasteiger partial charge in [0.05, 0.1) is 7.11 Å². The molecule has 0 aliphatic carbocycles. The third kappa shape index (κ3) is 4.74. The van der Waals surface area contributed by atoms with E-state index in [4.69, 9.17) is 0 Å². The predicted molar refractivity (Wildman–Crippen MR) is 105 cm³/mol. The number of carbonyl (C=O) groups is 2. The molecule has 0 unspecified atom stereocenters. The van der Waals surface area contributed by atoms with Crippen molar-refractivity contribution in [2.24, 2.45) is 0 Å². The molecule has 27 heavy (non-hydrogen) atoms. The topological polar surface area (TPSA) is 78.9 Å². The van der Waals surface area contributed by atoms with E-state index >= 15 is 0 Å². The number of amides is 1. The van der Waals surface area contributed by atoms with Gasteiger partial charge in [-0.2, -0.15) is 0 Å². The molecule has 1 saturated heterocycles. The van der Waals surface area contributed by atoms with Crippen LogP contribution < -0.4 is 4.72 Å². The number of aromatic hydroxyl groups is 1. The van der Waals surface area contributed by atoms with Crippen LogP contribution in [0, 0.1) is 0 Å². The number of carbonyl (C=O) groups excluding carboxylic acids is 2. The van der Waals surface area contributed by atoms with Crippen molar-refractivity contribution >= 4 is 29.5 Å². The van der Waals surface area contributed by atoms with Crippen molar-refractivity contribution in [1.82, 2.24) is 4.90 Å². The molecule has 1 aliphatic rings. The highest BCUT2D eigenvalue weighted by Gasteiger charge is 2.18. The number of benzene rings is 2. The molecule has 0 bridgehead atoms. The van der Waals surface area contributed by atoms with Gasteiger partial charge in [-0.25, -0.2) is 4.79 Å². The molecule has 0 atom stereocenters. The van der Waals surface area contributed by atoms with Crippen LogP contribution in [0.1, 0.15) is 40.0 Å². The summed E-state index contributed by atoms with van der Waals surface area (Å²) in [4.78, 5) is 26.9. The van der Waals surface area contributed by atoms with Gasteiger partial charge in [0.2, 0.25) is 0 Å². The maximum absolute atomic E-state index is 12.6. The summed E-state index contributed by atoms with van der Waals surface area (Å²) in [6.45, 7) is 1.64. The summed E-state index contributed by atoms with van der Waals surface area (Å²) < 4.78 is 7.72.